The molecule has 0 fully saturated rings. The molecule has 0 bridgehead atoms. The maximum atomic E-state index is 10.7. The van der Waals surface area contributed by atoms with Crippen LogP contribution in [0.25, 0.3) is 0 Å². The van der Waals surface area contributed by atoms with E-state index in [1.54, 1.807) is 0 Å². The van der Waals surface area contributed by atoms with Crippen molar-refractivity contribution in [2.45, 2.75) is 40.0 Å². The molecule has 2 atom stereocenters. The molecule has 0 spiro atoms. The summed E-state index contributed by atoms with van der Waals surface area (Å²) >= 11 is 0. The van der Waals surface area contributed by atoms with Crippen LogP contribution in [0.15, 0.2) is 0 Å². The van der Waals surface area contributed by atoms with E-state index in [-0.39, 0.29) is 11.7 Å². The third kappa shape index (κ3) is 8.57. The standard InChI is InChI=1S/C9H19ClO2S/c1-4-5-8(2)6-9(3)7-13(10,11)12/h8-9H,4-7H2,1-3H3. The van der Waals surface area contributed by atoms with Crippen LogP contribution in [-0.2, 0) is 9.05 Å². The Morgan fingerprint density at radius 2 is 1.77 bits per heavy atom. The molecule has 0 rings (SSSR count). The Hall–Kier alpha value is 0.240. The van der Waals surface area contributed by atoms with Crippen molar-refractivity contribution >= 4 is 19.7 Å². The Balaban J connectivity index is 3.80. The van der Waals surface area contributed by atoms with Crippen molar-refractivity contribution < 1.29 is 8.42 Å². The summed E-state index contributed by atoms with van der Waals surface area (Å²) in [5.41, 5.74) is 0. The van der Waals surface area contributed by atoms with Crippen LogP contribution in [0.1, 0.15) is 40.0 Å². The molecule has 0 aromatic carbocycles. The third-order valence-corrected chi connectivity index (χ3v) is 3.41. The van der Waals surface area contributed by atoms with Crippen molar-refractivity contribution in [3.8, 4) is 0 Å². The van der Waals surface area contributed by atoms with Crippen molar-refractivity contribution in [3.63, 3.8) is 0 Å². The molecule has 2 unspecified atom stereocenters. The number of hydrogen-bond donors (Lipinski definition) is 0. The van der Waals surface area contributed by atoms with Gasteiger partial charge in [0.2, 0.25) is 9.05 Å². The molecule has 0 aromatic rings. The third-order valence-electron chi connectivity index (χ3n) is 2.07. The van der Waals surface area contributed by atoms with E-state index in [1.807, 2.05) is 6.92 Å². The van der Waals surface area contributed by atoms with Crippen LogP contribution >= 0.6 is 10.7 Å². The number of hydrogen-bond acceptors (Lipinski definition) is 2. The van der Waals surface area contributed by atoms with Crippen LogP contribution in [0.4, 0.5) is 0 Å². The highest BCUT2D eigenvalue weighted by Gasteiger charge is 2.14. The topological polar surface area (TPSA) is 34.1 Å². The van der Waals surface area contributed by atoms with Crippen molar-refractivity contribution in [2.24, 2.45) is 11.8 Å². The highest BCUT2D eigenvalue weighted by molar-refractivity contribution is 8.13. The lowest BCUT2D eigenvalue weighted by molar-refractivity contribution is 0.412. The van der Waals surface area contributed by atoms with Crippen LogP contribution in [-0.4, -0.2) is 14.2 Å². The zero-order valence-electron chi connectivity index (χ0n) is 8.59. The number of halogens is 1. The minimum Gasteiger partial charge on any atom is -0.212 e. The second kappa shape index (κ2) is 5.86. The quantitative estimate of drug-likeness (QED) is 0.653. The highest BCUT2D eigenvalue weighted by atomic mass is 35.7. The maximum absolute atomic E-state index is 10.7. The summed E-state index contributed by atoms with van der Waals surface area (Å²) in [5.74, 6) is 0.866. The van der Waals surface area contributed by atoms with Gasteiger partial charge in [0.15, 0.2) is 0 Å². The Labute approximate surface area is 86.1 Å². The van der Waals surface area contributed by atoms with Crippen molar-refractivity contribution in [1.82, 2.24) is 0 Å². The molecule has 0 aliphatic rings. The fourth-order valence-corrected chi connectivity index (χ4v) is 3.17. The van der Waals surface area contributed by atoms with Crippen LogP contribution in [0.2, 0.25) is 0 Å². The summed E-state index contributed by atoms with van der Waals surface area (Å²) in [6.45, 7) is 6.23. The predicted molar refractivity (Wildman–Crippen MR) is 57.5 cm³/mol. The van der Waals surface area contributed by atoms with Crippen molar-refractivity contribution in [2.75, 3.05) is 5.75 Å². The second-order valence-corrected chi connectivity index (χ2v) is 6.76. The first-order valence-electron chi connectivity index (χ1n) is 4.77. The van der Waals surface area contributed by atoms with Crippen molar-refractivity contribution in [3.05, 3.63) is 0 Å². The van der Waals surface area contributed by atoms with Gasteiger partial charge >= 0.3 is 0 Å². The van der Waals surface area contributed by atoms with E-state index in [2.05, 4.69) is 13.8 Å². The van der Waals surface area contributed by atoms with E-state index in [1.165, 1.54) is 0 Å². The first-order chi connectivity index (χ1) is 5.85. The van der Waals surface area contributed by atoms with Crippen LogP contribution < -0.4 is 0 Å². The van der Waals surface area contributed by atoms with Gasteiger partial charge in [-0.25, -0.2) is 8.42 Å². The smallest absolute Gasteiger partial charge is 0.212 e. The molecule has 0 aliphatic carbocycles. The van der Waals surface area contributed by atoms with Crippen LogP contribution in [0.3, 0.4) is 0 Å². The molecule has 4 heteroatoms. The van der Waals surface area contributed by atoms with E-state index in [0.717, 1.165) is 19.3 Å². The van der Waals surface area contributed by atoms with Gasteiger partial charge in [-0.15, -0.1) is 0 Å². The Morgan fingerprint density at radius 1 is 1.23 bits per heavy atom. The van der Waals surface area contributed by atoms with Gasteiger partial charge in [0.25, 0.3) is 0 Å². The zero-order valence-corrected chi connectivity index (χ0v) is 10.2. The summed E-state index contributed by atoms with van der Waals surface area (Å²) < 4.78 is 21.5. The van der Waals surface area contributed by atoms with Crippen LogP contribution in [0, 0.1) is 11.8 Å². The maximum Gasteiger partial charge on any atom is 0.232 e. The SMILES string of the molecule is CCCC(C)CC(C)CS(=O)(=O)Cl. The van der Waals surface area contributed by atoms with Crippen LogP contribution in [0.5, 0.6) is 0 Å². The Morgan fingerprint density at radius 3 is 2.15 bits per heavy atom. The molecule has 2 nitrogen and oxygen atoms in total. The summed E-state index contributed by atoms with van der Waals surface area (Å²) in [6, 6.07) is 0. The molecule has 0 N–H and O–H groups in total. The van der Waals surface area contributed by atoms with E-state index >= 15 is 0 Å². The zero-order chi connectivity index (χ0) is 10.5. The molecule has 0 amide bonds. The summed E-state index contributed by atoms with van der Waals surface area (Å²) in [5, 5.41) is 0. The Kier molecular flexibility index (Phi) is 5.97. The van der Waals surface area contributed by atoms with Gasteiger partial charge < -0.3 is 0 Å². The molecule has 0 aromatic heterocycles. The molecule has 0 saturated heterocycles. The molecule has 13 heavy (non-hydrogen) atoms. The number of rotatable bonds is 6. The highest BCUT2D eigenvalue weighted by Crippen LogP contribution is 2.18. The van der Waals surface area contributed by atoms with Gasteiger partial charge in [0, 0.05) is 10.7 Å². The van der Waals surface area contributed by atoms with Gasteiger partial charge in [-0.1, -0.05) is 33.6 Å². The summed E-state index contributed by atoms with van der Waals surface area (Å²) in [7, 11) is 1.85. The van der Waals surface area contributed by atoms with E-state index < -0.39 is 9.05 Å². The van der Waals surface area contributed by atoms with E-state index in [4.69, 9.17) is 10.7 Å². The average Bonchev–Trinajstić information content (AvgIpc) is 1.81. The molecule has 0 saturated carbocycles. The summed E-state index contributed by atoms with van der Waals surface area (Å²) in [4.78, 5) is 0. The average molecular weight is 227 g/mol. The minimum absolute atomic E-state index is 0.0998. The second-order valence-electron chi connectivity index (χ2n) is 3.94. The van der Waals surface area contributed by atoms with E-state index in [0.29, 0.717) is 5.92 Å². The molecule has 80 valence electrons. The molecule has 0 aliphatic heterocycles. The largest absolute Gasteiger partial charge is 0.232 e. The van der Waals surface area contributed by atoms with Gasteiger partial charge in [-0.2, -0.15) is 0 Å². The van der Waals surface area contributed by atoms with Gasteiger partial charge in [0.1, 0.15) is 0 Å². The first-order valence-corrected chi connectivity index (χ1v) is 7.25. The fourth-order valence-electron chi connectivity index (χ4n) is 1.71. The lowest BCUT2D eigenvalue weighted by Crippen LogP contribution is -2.11. The van der Waals surface area contributed by atoms with Gasteiger partial charge in [-0.05, 0) is 18.3 Å². The van der Waals surface area contributed by atoms with E-state index in [9.17, 15) is 8.42 Å². The predicted octanol–water partition coefficient (Wildman–Crippen LogP) is 3.02. The monoisotopic (exact) mass is 226 g/mol. The normalized spacial score (nSPS) is 16.9. The Bertz CT molecular complexity index is 224. The summed E-state index contributed by atoms with van der Waals surface area (Å²) in [6.07, 6.45) is 3.26. The molecular formula is C9H19ClO2S. The minimum atomic E-state index is -3.31. The molecular weight excluding hydrogens is 208 g/mol. The molecule has 0 radical (unpaired) electrons. The first kappa shape index (κ1) is 13.2. The molecule has 0 heterocycles. The van der Waals surface area contributed by atoms with Crippen molar-refractivity contribution in [1.29, 1.82) is 0 Å². The lowest BCUT2D eigenvalue weighted by atomic mass is 9.95. The van der Waals surface area contributed by atoms with Gasteiger partial charge in [-0.3, -0.25) is 0 Å². The fraction of sp³-hybridized carbons (Fsp3) is 1.00. The van der Waals surface area contributed by atoms with Gasteiger partial charge in [0.05, 0.1) is 5.75 Å². The lowest BCUT2D eigenvalue weighted by Gasteiger charge is -2.14.